The molecule has 1 amide bonds. The molecule has 2 saturated heterocycles. The minimum atomic E-state index is -4.70. The highest BCUT2D eigenvalue weighted by Crippen LogP contribution is 2.38. The van der Waals surface area contributed by atoms with Gasteiger partial charge in [0.15, 0.2) is 0 Å². The lowest BCUT2D eigenvalue weighted by molar-refractivity contribution is -0.140. The van der Waals surface area contributed by atoms with Crippen LogP contribution in [0.25, 0.3) is 0 Å². The van der Waals surface area contributed by atoms with E-state index in [9.17, 15) is 22.4 Å². The normalized spacial score (nSPS) is 25.8. The van der Waals surface area contributed by atoms with Gasteiger partial charge in [0, 0.05) is 25.2 Å². The van der Waals surface area contributed by atoms with Crippen molar-refractivity contribution in [3.8, 4) is 0 Å². The Balaban J connectivity index is 1.75. The smallest absolute Gasteiger partial charge is 0.356 e. The lowest BCUT2D eigenvalue weighted by atomic mass is 9.79. The molecule has 3 nitrogen and oxygen atoms in total. The predicted octanol–water partition coefficient (Wildman–Crippen LogP) is 2.95. The zero-order chi connectivity index (χ0) is 16.7. The molecular formula is C16H18F4N2O. The number of benzene rings is 1. The van der Waals surface area contributed by atoms with Crippen LogP contribution >= 0.6 is 0 Å². The van der Waals surface area contributed by atoms with E-state index in [0.717, 1.165) is 18.9 Å². The molecule has 1 aromatic carbocycles. The zero-order valence-electron chi connectivity index (χ0n) is 12.5. The van der Waals surface area contributed by atoms with Crippen molar-refractivity contribution < 1.29 is 22.4 Å². The lowest BCUT2D eigenvalue weighted by Crippen LogP contribution is -2.47. The van der Waals surface area contributed by atoms with E-state index in [1.807, 2.05) is 4.90 Å². The molecule has 0 radical (unpaired) electrons. The van der Waals surface area contributed by atoms with Crippen LogP contribution in [0.2, 0.25) is 0 Å². The summed E-state index contributed by atoms with van der Waals surface area (Å²) in [7, 11) is 0. The van der Waals surface area contributed by atoms with E-state index >= 15 is 0 Å². The summed E-state index contributed by atoms with van der Waals surface area (Å²) >= 11 is 0. The van der Waals surface area contributed by atoms with Gasteiger partial charge in [-0.25, -0.2) is 4.39 Å². The van der Waals surface area contributed by atoms with Crippen LogP contribution in [0.4, 0.5) is 17.6 Å². The van der Waals surface area contributed by atoms with Crippen LogP contribution in [0.1, 0.15) is 30.4 Å². The van der Waals surface area contributed by atoms with Crippen molar-refractivity contribution in [2.75, 3.05) is 19.6 Å². The molecule has 0 unspecified atom stereocenters. The third kappa shape index (κ3) is 3.06. The molecule has 0 saturated carbocycles. The van der Waals surface area contributed by atoms with Gasteiger partial charge >= 0.3 is 6.18 Å². The minimum absolute atomic E-state index is 0.00997. The van der Waals surface area contributed by atoms with E-state index in [1.54, 1.807) is 0 Å². The maximum absolute atomic E-state index is 14.1. The number of nitrogens with one attached hydrogen (secondary N) is 1. The van der Waals surface area contributed by atoms with Crippen LogP contribution in [-0.2, 0) is 17.5 Å². The first kappa shape index (κ1) is 16.2. The Morgan fingerprint density at radius 1 is 1.26 bits per heavy atom. The number of piperidine rings is 1. The summed E-state index contributed by atoms with van der Waals surface area (Å²) in [6, 6.07) is 3.34. The third-order valence-electron chi connectivity index (χ3n) is 4.81. The van der Waals surface area contributed by atoms with E-state index in [1.165, 1.54) is 12.1 Å². The van der Waals surface area contributed by atoms with Gasteiger partial charge in [0.1, 0.15) is 5.82 Å². The van der Waals surface area contributed by atoms with Crippen LogP contribution in [0.5, 0.6) is 0 Å². The maximum Gasteiger partial charge on any atom is 0.419 e. The first-order chi connectivity index (χ1) is 10.8. The molecule has 2 fully saturated rings. The van der Waals surface area contributed by atoms with E-state index in [4.69, 9.17) is 0 Å². The Morgan fingerprint density at radius 3 is 2.74 bits per heavy atom. The Bertz CT molecular complexity index is 617. The summed E-state index contributed by atoms with van der Waals surface area (Å²) in [5.41, 5.74) is -1.68. The number of likely N-dealkylation sites (tertiary alicyclic amines) is 1. The average Bonchev–Trinajstić information content (AvgIpc) is 2.87. The number of alkyl halides is 3. The van der Waals surface area contributed by atoms with Gasteiger partial charge < -0.3 is 5.32 Å². The molecule has 3 rings (SSSR count). The van der Waals surface area contributed by atoms with Crippen molar-refractivity contribution in [1.82, 2.24) is 10.2 Å². The van der Waals surface area contributed by atoms with Gasteiger partial charge in [0.05, 0.1) is 11.0 Å². The van der Waals surface area contributed by atoms with Gasteiger partial charge in [-0.1, -0.05) is 12.1 Å². The number of halogens is 4. The molecule has 7 heteroatoms. The quantitative estimate of drug-likeness (QED) is 0.846. The van der Waals surface area contributed by atoms with E-state index < -0.39 is 23.0 Å². The molecular weight excluding hydrogens is 312 g/mol. The van der Waals surface area contributed by atoms with Gasteiger partial charge in [-0.05, 0) is 31.9 Å². The second-order valence-corrected chi connectivity index (χ2v) is 6.38. The predicted molar refractivity (Wildman–Crippen MR) is 76.0 cm³/mol. The fraction of sp³-hybridized carbons (Fsp3) is 0.562. The van der Waals surface area contributed by atoms with Crippen molar-refractivity contribution in [3.63, 3.8) is 0 Å². The molecule has 2 aliphatic heterocycles. The van der Waals surface area contributed by atoms with Gasteiger partial charge in [-0.3, -0.25) is 9.69 Å². The van der Waals surface area contributed by atoms with Crippen molar-refractivity contribution in [2.45, 2.75) is 32.0 Å². The van der Waals surface area contributed by atoms with Crippen LogP contribution < -0.4 is 5.32 Å². The second-order valence-electron chi connectivity index (χ2n) is 6.38. The summed E-state index contributed by atoms with van der Waals surface area (Å²) in [5, 5.41) is 2.85. The number of hydrogen-bond donors (Lipinski definition) is 1. The van der Waals surface area contributed by atoms with Gasteiger partial charge in [-0.2, -0.15) is 13.2 Å². The van der Waals surface area contributed by atoms with Crippen molar-refractivity contribution in [1.29, 1.82) is 0 Å². The Hall–Kier alpha value is -1.63. The largest absolute Gasteiger partial charge is 0.419 e. The number of rotatable bonds is 2. The highest BCUT2D eigenvalue weighted by Gasteiger charge is 2.45. The second kappa shape index (κ2) is 5.78. The summed E-state index contributed by atoms with van der Waals surface area (Å²) < 4.78 is 52.4. The highest BCUT2D eigenvalue weighted by molar-refractivity contribution is 5.84. The SMILES string of the molecule is O=C1NCCC[C@@]12CCN(Cc1cccc(C(F)(F)F)c1F)C2. The van der Waals surface area contributed by atoms with Crippen molar-refractivity contribution in [2.24, 2.45) is 5.41 Å². The summed E-state index contributed by atoms with van der Waals surface area (Å²) in [4.78, 5) is 14.0. The maximum atomic E-state index is 14.1. The molecule has 1 atom stereocenters. The highest BCUT2D eigenvalue weighted by atomic mass is 19.4. The van der Waals surface area contributed by atoms with Crippen LogP contribution in [0, 0.1) is 11.2 Å². The van der Waals surface area contributed by atoms with Gasteiger partial charge in [0.25, 0.3) is 0 Å². The zero-order valence-corrected chi connectivity index (χ0v) is 12.5. The molecule has 2 heterocycles. The van der Waals surface area contributed by atoms with Crippen molar-refractivity contribution >= 4 is 5.91 Å². The molecule has 0 aliphatic carbocycles. The fourth-order valence-electron chi connectivity index (χ4n) is 3.57. The monoisotopic (exact) mass is 330 g/mol. The average molecular weight is 330 g/mol. The fourth-order valence-corrected chi connectivity index (χ4v) is 3.57. The van der Waals surface area contributed by atoms with E-state index in [2.05, 4.69) is 5.32 Å². The third-order valence-corrected chi connectivity index (χ3v) is 4.81. The number of nitrogens with zero attached hydrogens (tertiary/aromatic N) is 1. The molecule has 1 aromatic rings. The molecule has 23 heavy (non-hydrogen) atoms. The Kier molecular flexibility index (Phi) is 4.08. The molecule has 1 N–H and O–H groups in total. The van der Waals surface area contributed by atoms with Crippen LogP contribution in [0.15, 0.2) is 18.2 Å². The first-order valence-electron chi connectivity index (χ1n) is 7.67. The van der Waals surface area contributed by atoms with Crippen LogP contribution in [0.3, 0.4) is 0 Å². The molecule has 126 valence electrons. The summed E-state index contributed by atoms with van der Waals surface area (Å²) in [6.07, 6.45) is -2.35. The number of carbonyl (C=O) groups is 1. The number of hydrogen-bond acceptors (Lipinski definition) is 2. The molecule has 1 spiro atoms. The summed E-state index contributed by atoms with van der Waals surface area (Å²) in [5.74, 6) is -1.20. The van der Waals surface area contributed by atoms with E-state index in [0.29, 0.717) is 26.1 Å². The Labute approximate surface area is 131 Å². The van der Waals surface area contributed by atoms with E-state index in [-0.39, 0.29) is 18.0 Å². The van der Waals surface area contributed by atoms with Gasteiger partial charge in [0.2, 0.25) is 5.91 Å². The summed E-state index contributed by atoms with van der Waals surface area (Å²) in [6.45, 7) is 1.81. The topological polar surface area (TPSA) is 32.3 Å². The standard InChI is InChI=1S/C16H18F4N2O/c17-13-11(3-1-4-12(13)16(18,19)20)9-22-8-6-15(10-22)5-2-7-21-14(15)23/h1,3-4H,2,5-10H2,(H,21,23)/t15-/m0/s1. The molecule has 0 aromatic heterocycles. The number of carbonyl (C=O) groups excluding carboxylic acids is 1. The van der Waals surface area contributed by atoms with Crippen molar-refractivity contribution in [3.05, 3.63) is 35.1 Å². The van der Waals surface area contributed by atoms with Crippen LogP contribution in [-0.4, -0.2) is 30.4 Å². The van der Waals surface area contributed by atoms with Gasteiger partial charge in [-0.15, -0.1) is 0 Å². The Morgan fingerprint density at radius 2 is 2.04 bits per heavy atom. The first-order valence-corrected chi connectivity index (χ1v) is 7.67. The molecule has 2 aliphatic rings. The lowest BCUT2D eigenvalue weighted by Gasteiger charge is -2.32. The minimum Gasteiger partial charge on any atom is -0.356 e. The molecule has 0 bridgehead atoms. The number of amides is 1.